The van der Waals surface area contributed by atoms with E-state index in [1.807, 2.05) is 31.2 Å². The van der Waals surface area contributed by atoms with E-state index in [2.05, 4.69) is 26.8 Å². The number of carbonyl (C=O) groups is 2. The smallest absolute Gasteiger partial charge is 0.335 e. The van der Waals surface area contributed by atoms with Gasteiger partial charge in [-0.2, -0.15) is 0 Å². The molecule has 0 aliphatic rings. The van der Waals surface area contributed by atoms with Crippen molar-refractivity contribution < 1.29 is 19.8 Å². The van der Waals surface area contributed by atoms with Gasteiger partial charge in [0.2, 0.25) is 0 Å². The van der Waals surface area contributed by atoms with Crippen LogP contribution in [0.1, 0.15) is 37.4 Å². The lowest BCUT2D eigenvalue weighted by Gasteiger charge is -2.07. The van der Waals surface area contributed by atoms with Crippen LogP contribution in [0.15, 0.2) is 73.1 Å². The number of carboxylic acids is 2. The van der Waals surface area contributed by atoms with E-state index in [0.717, 1.165) is 11.1 Å². The lowest BCUT2D eigenvalue weighted by atomic mass is 10.1. The Morgan fingerprint density at radius 2 is 1.33 bits per heavy atom. The molecule has 33 heavy (non-hydrogen) atoms. The van der Waals surface area contributed by atoms with Gasteiger partial charge in [0.05, 0.1) is 33.9 Å². The summed E-state index contributed by atoms with van der Waals surface area (Å²) in [5.74, 6) is 3.97. The van der Waals surface area contributed by atoms with Crippen LogP contribution >= 0.6 is 0 Å². The van der Waals surface area contributed by atoms with E-state index in [-0.39, 0.29) is 22.5 Å². The van der Waals surface area contributed by atoms with Gasteiger partial charge in [-0.25, -0.2) is 14.6 Å². The summed E-state index contributed by atoms with van der Waals surface area (Å²) in [5.41, 5.74) is 3.90. The van der Waals surface area contributed by atoms with Gasteiger partial charge in [0.1, 0.15) is 0 Å². The highest BCUT2D eigenvalue weighted by Gasteiger charge is 2.14. The van der Waals surface area contributed by atoms with Crippen molar-refractivity contribution in [3.05, 3.63) is 101 Å². The summed E-state index contributed by atoms with van der Waals surface area (Å²) in [6, 6.07) is 16.7. The zero-order valence-corrected chi connectivity index (χ0v) is 17.5. The number of hydrogen-bond donors (Lipinski definition) is 2. The Labute approximate surface area is 189 Å². The molecule has 0 fully saturated rings. The topological polar surface area (TPSA) is 113 Å². The minimum absolute atomic E-state index is 0.0178. The summed E-state index contributed by atoms with van der Waals surface area (Å²) in [7, 11) is 0. The molecule has 0 bridgehead atoms. The number of carboxylic acid groups (broad SMARTS) is 2. The van der Waals surface area contributed by atoms with Crippen molar-refractivity contribution in [3.8, 4) is 34.6 Å². The molecular weight excluding hydrogens is 418 g/mol. The third-order valence-electron chi connectivity index (χ3n) is 4.85. The summed E-state index contributed by atoms with van der Waals surface area (Å²) in [4.78, 5) is 36.0. The first-order valence-corrected chi connectivity index (χ1v) is 9.90. The average Bonchev–Trinajstić information content (AvgIpc) is 2.83. The Kier molecular flexibility index (Phi) is 5.92. The third-order valence-corrected chi connectivity index (χ3v) is 4.85. The standard InChI is InChI=1S/C26H17N3O4/c1-16-4-2-3-5-18(16)7-6-17-8-10-27-21(12-17)23-14-20(26(32)33)15-24(29-23)22-13-19(25(30)31)9-11-28-22/h2-5,8-15H,1H3,(H,30,31)(H,32,33). The minimum atomic E-state index is -1.15. The molecule has 7 nitrogen and oxygen atoms in total. The number of aryl methyl sites for hydroxylation is 1. The summed E-state index contributed by atoms with van der Waals surface area (Å²) >= 11 is 0. The molecule has 0 unspecified atom stereocenters. The molecule has 0 radical (unpaired) electrons. The number of aromatic carboxylic acids is 2. The quantitative estimate of drug-likeness (QED) is 0.459. The van der Waals surface area contributed by atoms with Gasteiger partial charge in [-0.1, -0.05) is 30.0 Å². The van der Waals surface area contributed by atoms with Gasteiger partial charge in [0.15, 0.2) is 0 Å². The fourth-order valence-corrected chi connectivity index (χ4v) is 3.12. The second-order valence-corrected chi connectivity index (χ2v) is 7.16. The zero-order chi connectivity index (χ0) is 23.4. The van der Waals surface area contributed by atoms with Crippen molar-refractivity contribution in [2.75, 3.05) is 0 Å². The van der Waals surface area contributed by atoms with Crippen LogP contribution in [0.2, 0.25) is 0 Å². The van der Waals surface area contributed by atoms with Crippen molar-refractivity contribution in [1.82, 2.24) is 15.0 Å². The zero-order valence-electron chi connectivity index (χ0n) is 17.5. The lowest BCUT2D eigenvalue weighted by molar-refractivity contribution is 0.0686. The summed E-state index contributed by atoms with van der Waals surface area (Å²) in [6.45, 7) is 1.98. The van der Waals surface area contributed by atoms with E-state index in [4.69, 9.17) is 0 Å². The predicted octanol–water partition coefficient (Wildman–Crippen LogP) is 4.31. The summed E-state index contributed by atoms with van der Waals surface area (Å²) in [6.07, 6.45) is 2.92. The van der Waals surface area contributed by atoms with Crippen LogP contribution in [0.5, 0.6) is 0 Å². The van der Waals surface area contributed by atoms with E-state index in [1.165, 1.54) is 30.5 Å². The Morgan fingerprint density at radius 3 is 2.00 bits per heavy atom. The highest BCUT2D eigenvalue weighted by Crippen LogP contribution is 2.24. The van der Waals surface area contributed by atoms with E-state index >= 15 is 0 Å². The molecule has 0 atom stereocenters. The maximum atomic E-state index is 11.7. The van der Waals surface area contributed by atoms with Gasteiger partial charge >= 0.3 is 11.9 Å². The normalized spacial score (nSPS) is 10.2. The van der Waals surface area contributed by atoms with Gasteiger partial charge in [-0.15, -0.1) is 0 Å². The van der Waals surface area contributed by atoms with Crippen molar-refractivity contribution >= 4 is 11.9 Å². The number of pyridine rings is 3. The van der Waals surface area contributed by atoms with Crippen LogP contribution < -0.4 is 0 Å². The number of rotatable bonds is 4. The van der Waals surface area contributed by atoms with Gasteiger partial charge in [0, 0.05) is 23.5 Å². The van der Waals surface area contributed by atoms with Crippen LogP contribution in [-0.2, 0) is 0 Å². The maximum absolute atomic E-state index is 11.7. The highest BCUT2D eigenvalue weighted by molar-refractivity contribution is 5.91. The fourth-order valence-electron chi connectivity index (χ4n) is 3.12. The van der Waals surface area contributed by atoms with Crippen LogP contribution in [0.4, 0.5) is 0 Å². The molecule has 0 aliphatic heterocycles. The van der Waals surface area contributed by atoms with E-state index in [9.17, 15) is 19.8 Å². The van der Waals surface area contributed by atoms with Gasteiger partial charge in [-0.05, 0) is 55.0 Å². The van der Waals surface area contributed by atoms with Gasteiger partial charge in [0.25, 0.3) is 0 Å². The number of aromatic nitrogens is 3. The molecular formula is C26H17N3O4. The Morgan fingerprint density at radius 1 is 0.727 bits per heavy atom. The van der Waals surface area contributed by atoms with E-state index in [0.29, 0.717) is 17.0 Å². The fraction of sp³-hybridized carbons (Fsp3) is 0.0385. The first kappa shape index (κ1) is 21.4. The molecule has 7 heteroatoms. The van der Waals surface area contributed by atoms with Crippen LogP contribution in [0.25, 0.3) is 22.8 Å². The molecule has 0 saturated carbocycles. The van der Waals surface area contributed by atoms with Crippen molar-refractivity contribution in [3.63, 3.8) is 0 Å². The Hall–Kier alpha value is -4.83. The summed E-state index contributed by atoms with van der Waals surface area (Å²) < 4.78 is 0. The van der Waals surface area contributed by atoms with Gasteiger partial charge < -0.3 is 10.2 Å². The molecule has 2 N–H and O–H groups in total. The average molecular weight is 435 g/mol. The molecule has 0 spiro atoms. The molecule has 160 valence electrons. The van der Waals surface area contributed by atoms with Crippen molar-refractivity contribution in [2.24, 2.45) is 0 Å². The molecule has 4 rings (SSSR count). The van der Waals surface area contributed by atoms with Crippen molar-refractivity contribution in [2.45, 2.75) is 6.92 Å². The van der Waals surface area contributed by atoms with Crippen LogP contribution in [-0.4, -0.2) is 37.1 Å². The highest BCUT2D eigenvalue weighted by atomic mass is 16.4. The third kappa shape index (κ3) is 4.92. The monoisotopic (exact) mass is 435 g/mol. The first-order chi connectivity index (χ1) is 15.9. The van der Waals surface area contributed by atoms with Crippen molar-refractivity contribution in [1.29, 1.82) is 0 Å². The first-order valence-electron chi connectivity index (χ1n) is 9.90. The molecule has 1 aromatic carbocycles. The molecule has 0 amide bonds. The van der Waals surface area contributed by atoms with E-state index < -0.39 is 11.9 Å². The minimum Gasteiger partial charge on any atom is -0.478 e. The SMILES string of the molecule is Cc1ccccc1C#Cc1ccnc(-c2cc(C(=O)O)cc(-c3cc(C(=O)O)ccn3)n2)c1. The predicted molar refractivity (Wildman–Crippen MR) is 122 cm³/mol. The Balaban J connectivity index is 1.78. The second-order valence-electron chi connectivity index (χ2n) is 7.16. The molecule has 3 aromatic heterocycles. The Bertz CT molecular complexity index is 1450. The molecule has 4 aromatic rings. The number of hydrogen-bond acceptors (Lipinski definition) is 5. The summed E-state index contributed by atoms with van der Waals surface area (Å²) in [5, 5.41) is 18.8. The number of nitrogens with zero attached hydrogens (tertiary/aromatic N) is 3. The lowest BCUT2D eigenvalue weighted by Crippen LogP contribution is -2.02. The second kappa shape index (κ2) is 9.12. The molecule has 0 aliphatic carbocycles. The van der Waals surface area contributed by atoms with Gasteiger partial charge in [-0.3, -0.25) is 9.97 Å². The van der Waals surface area contributed by atoms with Crippen LogP contribution in [0.3, 0.4) is 0 Å². The maximum Gasteiger partial charge on any atom is 0.335 e. The molecule has 3 heterocycles. The largest absolute Gasteiger partial charge is 0.478 e. The van der Waals surface area contributed by atoms with Crippen LogP contribution in [0, 0.1) is 18.8 Å². The number of benzene rings is 1. The van der Waals surface area contributed by atoms with E-state index in [1.54, 1.807) is 18.3 Å². The molecule has 0 saturated heterocycles.